The minimum Gasteiger partial charge on any atom is -0.457 e. The molecular weight excluding hydrogens is 254 g/mol. The highest BCUT2D eigenvalue weighted by Gasteiger charge is 2.31. The number of aromatic nitrogens is 3. The third-order valence-corrected chi connectivity index (χ3v) is 3.58. The number of thiazole rings is 1. The van der Waals surface area contributed by atoms with E-state index in [1.165, 1.54) is 11.3 Å². The Bertz CT molecular complexity index is 574. The highest BCUT2D eigenvalue weighted by molar-refractivity contribution is 7.13. The van der Waals surface area contributed by atoms with E-state index in [1.807, 2.05) is 6.92 Å². The van der Waals surface area contributed by atoms with Crippen LogP contribution in [0.2, 0.25) is 0 Å². The fourth-order valence-electron chi connectivity index (χ4n) is 1.48. The highest BCUT2D eigenvalue weighted by Crippen LogP contribution is 2.30. The molecule has 0 spiro atoms. The summed E-state index contributed by atoms with van der Waals surface area (Å²) in [5, 5.41) is 3.78. The number of aryl methyl sites for hydroxylation is 1. The van der Waals surface area contributed by atoms with Crippen LogP contribution in [0, 0.1) is 12.8 Å². The van der Waals surface area contributed by atoms with Crippen LogP contribution in [0.4, 0.5) is 0 Å². The molecule has 1 aliphatic carbocycles. The molecule has 0 aliphatic heterocycles. The van der Waals surface area contributed by atoms with Crippen molar-refractivity contribution in [3.05, 3.63) is 17.0 Å². The van der Waals surface area contributed by atoms with E-state index < -0.39 is 0 Å². The first kappa shape index (κ1) is 11.3. The van der Waals surface area contributed by atoms with Crippen molar-refractivity contribution in [3.8, 4) is 10.8 Å². The van der Waals surface area contributed by atoms with E-state index in [-0.39, 0.29) is 18.5 Å². The summed E-state index contributed by atoms with van der Waals surface area (Å²) in [6.07, 6.45) is 1.85. The third-order valence-electron chi connectivity index (χ3n) is 2.66. The molecular formula is C11H11N3O3S. The molecule has 18 heavy (non-hydrogen) atoms. The summed E-state index contributed by atoms with van der Waals surface area (Å²) in [4.78, 5) is 20.5. The quantitative estimate of drug-likeness (QED) is 0.786. The van der Waals surface area contributed by atoms with E-state index in [1.54, 1.807) is 5.51 Å². The lowest BCUT2D eigenvalue weighted by Gasteiger charge is -1.98. The standard InChI is InChI=1S/C11H11N3O3S/c1-6-9(18-5-12-6)10-13-8(14-17-10)4-16-11(15)7-2-3-7/h5,7H,2-4H2,1H3. The lowest BCUT2D eigenvalue weighted by atomic mass is 10.4. The van der Waals surface area contributed by atoms with Crippen LogP contribution in [-0.4, -0.2) is 21.1 Å². The maximum absolute atomic E-state index is 11.4. The van der Waals surface area contributed by atoms with Crippen molar-refractivity contribution in [2.24, 2.45) is 5.92 Å². The molecule has 1 aliphatic rings. The lowest BCUT2D eigenvalue weighted by Crippen LogP contribution is -2.07. The van der Waals surface area contributed by atoms with Gasteiger partial charge in [-0.25, -0.2) is 4.98 Å². The second kappa shape index (κ2) is 4.49. The van der Waals surface area contributed by atoms with E-state index in [0.717, 1.165) is 23.4 Å². The first-order chi connectivity index (χ1) is 8.74. The molecule has 0 aromatic carbocycles. The fraction of sp³-hybridized carbons (Fsp3) is 0.455. The first-order valence-corrected chi connectivity index (χ1v) is 6.51. The minimum absolute atomic E-state index is 0.0662. The van der Waals surface area contributed by atoms with Crippen LogP contribution in [0.1, 0.15) is 24.4 Å². The van der Waals surface area contributed by atoms with Gasteiger partial charge >= 0.3 is 5.97 Å². The third kappa shape index (κ3) is 2.26. The predicted octanol–water partition coefficient (Wildman–Crippen LogP) is 1.95. The summed E-state index contributed by atoms with van der Waals surface area (Å²) in [7, 11) is 0. The molecule has 0 radical (unpaired) electrons. The Balaban J connectivity index is 1.66. The van der Waals surface area contributed by atoms with Crippen LogP contribution in [0.25, 0.3) is 10.8 Å². The van der Waals surface area contributed by atoms with Crippen LogP contribution in [0.15, 0.2) is 10.0 Å². The number of esters is 1. The van der Waals surface area contributed by atoms with Gasteiger partial charge in [-0.05, 0) is 19.8 Å². The van der Waals surface area contributed by atoms with Crippen LogP contribution in [0.5, 0.6) is 0 Å². The average Bonchev–Trinajstić information content (AvgIpc) is 2.97. The van der Waals surface area contributed by atoms with Gasteiger partial charge in [-0.15, -0.1) is 11.3 Å². The summed E-state index contributed by atoms with van der Waals surface area (Å²) in [6.45, 7) is 1.94. The molecule has 0 saturated heterocycles. The first-order valence-electron chi connectivity index (χ1n) is 5.63. The maximum atomic E-state index is 11.4. The van der Waals surface area contributed by atoms with Crippen molar-refractivity contribution in [2.75, 3.05) is 0 Å². The molecule has 94 valence electrons. The van der Waals surface area contributed by atoms with Gasteiger partial charge in [0.1, 0.15) is 4.88 Å². The second-order valence-electron chi connectivity index (χ2n) is 4.16. The van der Waals surface area contributed by atoms with Crippen molar-refractivity contribution in [1.29, 1.82) is 0 Å². The van der Waals surface area contributed by atoms with Crippen LogP contribution in [0.3, 0.4) is 0 Å². The molecule has 0 atom stereocenters. The van der Waals surface area contributed by atoms with Crippen molar-refractivity contribution in [1.82, 2.24) is 15.1 Å². The summed E-state index contributed by atoms with van der Waals surface area (Å²) >= 11 is 1.44. The zero-order valence-electron chi connectivity index (χ0n) is 9.75. The SMILES string of the molecule is Cc1ncsc1-c1nc(COC(=O)C2CC2)no1. The van der Waals surface area contributed by atoms with E-state index in [9.17, 15) is 4.79 Å². The summed E-state index contributed by atoms with van der Waals surface area (Å²) < 4.78 is 10.2. The van der Waals surface area contributed by atoms with Gasteiger partial charge in [0.15, 0.2) is 6.61 Å². The molecule has 0 bridgehead atoms. The Labute approximate surface area is 107 Å². The molecule has 2 aromatic rings. The molecule has 7 heteroatoms. The zero-order chi connectivity index (χ0) is 12.5. The van der Waals surface area contributed by atoms with Gasteiger partial charge in [0, 0.05) is 0 Å². The van der Waals surface area contributed by atoms with Crippen molar-refractivity contribution < 1.29 is 14.1 Å². The number of rotatable bonds is 4. The topological polar surface area (TPSA) is 78.1 Å². The molecule has 2 aromatic heterocycles. The van der Waals surface area contributed by atoms with Gasteiger partial charge in [-0.3, -0.25) is 4.79 Å². The van der Waals surface area contributed by atoms with E-state index >= 15 is 0 Å². The zero-order valence-corrected chi connectivity index (χ0v) is 10.6. The minimum atomic E-state index is -0.171. The fourth-order valence-corrected chi connectivity index (χ4v) is 2.21. The number of hydrogen-bond acceptors (Lipinski definition) is 7. The Morgan fingerprint density at radius 1 is 1.61 bits per heavy atom. The summed E-state index contributed by atoms with van der Waals surface area (Å²) in [5.74, 6) is 0.717. The van der Waals surface area contributed by atoms with Crippen molar-refractivity contribution in [3.63, 3.8) is 0 Å². The Kier molecular flexibility index (Phi) is 2.83. The van der Waals surface area contributed by atoms with Gasteiger partial charge < -0.3 is 9.26 Å². The van der Waals surface area contributed by atoms with E-state index in [0.29, 0.717) is 11.7 Å². The Morgan fingerprint density at radius 3 is 3.11 bits per heavy atom. The summed E-state index contributed by atoms with van der Waals surface area (Å²) in [5.41, 5.74) is 2.58. The molecule has 3 rings (SSSR count). The molecule has 6 nitrogen and oxygen atoms in total. The van der Waals surface area contributed by atoms with Gasteiger partial charge in [0.2, 0.25) is 5.82 Å². The molecule has 0 amide bonds. The number of nitrogens with zero attached hydrogens (tertiary/aromatic N) is 3. The average molecular weight is 265 g/mol. The van der Waals surface area contributed by atoms with Gasteiger partial charge in [-0.1, -0.05) is 5.16 Å². The van der Waals surface area contributed by atoms with Gasteiger partial charge in [0.25, 0.3) is 5.89 Å². The molecule has 1 saturated carbocycles. The highest BCUT2D eigenvalue weighted by atomic mass is 32.1. The molecule has 0 unspecified atom stereocenters. The molecule has 0 N–H and O–H groups in total. The van der Waals surface area contributed by atoms with Crippen molar-refractivity contribution in [2.45, 2.75) is 26.4 Å². The second-order valence-corrected chi connectivity index (χ2v) is 5.02. The Morgan fingerprint density at radius 2 is 2.44 bits per heavy atom. The predicted molar refractivity (Wildman–Crippen MR) is 62.7 cm³/mol. The smallest absolute Gasteiger partial charge is 0.309 e. The number of carbonyl (C=O) groups excluding carboxylic acids is 1. The van der Waals surface area contributed by atoms with E-state index in [2.05, 4.69) is 15.1 Å². The molecule has 2 heterocycles. The Hall–Kier alpha value is -1.76. The largest absolute Gasteiger partial charge is 0.457 e. The van der Waals surface area contributed by atoms with Gasteiger partial charge in [-0.2, -0.15) is 4.98 Å². The maximum Gasteiger partial charge on any atom is 0.309 e. The van der Waals surface area contributed by atoms with E-state index in [4.69, 9.17) is 9.26 Å². The lowest BCUT2D eigenvalue weighted by molar-refractivity contribution is -0.146. The summed E-state index contributed by atoms with van der Waals surface area (Å²) in [6, 6.07) is 0. The van der Waals surface area contributed by atoms with Crippen molar-refractivity contribution >= 4 is 17.3 Å². The van der Waals surface area contributed by atoms with Gasteiger partial charge in [0.05, 0.1) is 17.1 Å². The van der Waals surface area contributed by atoms with Crippen LogP contribution in [-0.2, 0) is 16.1 Å². The normalized spacial score (nSPS) is 14.7. The van der Waals surface area contributed by atoms with Crippen LogP contribution >= 0.6 is 11.3 Å². The molecule has 1 fully saturated rings. The number of hydrogen-bond donors (Lipinski definition) is 0. The number of ether oxygens (including phenoxy) is 1. The monoisotopic (exact) mass is 265 g/mol. The van der Waals surface area contributed by atoms with Crippen LogP contribution < -0.4 is 0 Å². The number of carbonyl (C=O) groups is 1.